The molecule has 1 aromatic heterocycles. The lowest BCUT2D eigenvalue weighted by Gasteiger charge is -2.13. The van der Waals surface area contributed by atoms with Crippen molar-refractivity contribution in [2.45, 2.75) is 40.3 Å². The molecule has 0 aliphatic carbocycles. The molecule has 144 valence electrons. The zero-order valence-electron chi connectivity index (χ0n) is 15.9. The van der Waals surface area contributed by atoms with Gasteiger partial charge in [0.15, 0.2) is 5.96 Å². The van der Waals surface area contributed by atoms with E-state index in [1.165, 1.54) is 5.56 Å². The van der Waals surface area contributed by atoms with Crippen molar-refractivity contribution in [1.82, 2.24) is 20.2 Å². The molecular weight excluding hydrogens is 441 g/mol. The Balaban J connectivity index is 0.00000338. The first kappa shape index (κ1) is 22.3. The molecule has 0 aliphatic heterocycles. The fraction of sp³-hybridized carbons (Fsp3) is 0.474. The van der Waals surface area contributed by atoms with Crippen LogP contribution < -0.4 is 15.4 Å². The van der Waals surface area contributed by atoms with Crippen molar-refractivity contribution in [3.63, 3.8) is 0 Å². The molecule has 1 heterocycles. The maximum Gasteiger partial charge on any atom is 0.191 e. The van der Waals surface area contributed by atoms with Crippen molar-refractivity contribution in [3.05, 3.63) is 48.0 Å². The minimum atomic E-state index is 0. The molecule has 0 bridgehead atoms. The van der Waals surface area contributed by atoms with Crippen LogP contribution in [0.3, 0.4) is 0 Å². The Morgan fingerprint density at radius 2 is 2.12 bits per heavy atom. The van der Waals surface area contributed by atoms with Crippen LogP contribution in [0.4, 0.5) is 0 Å². The summed E-state index contributed by atoms with van der Waals surface area (Å²) in [7, 11) is 0. The first-order chi connectivity index (χ1) is 12.2. The molecule has 6 nitrogen and oxygen atoms in total. The van der Waals surface area contributed by atoms with Crippen molar-refractivity contribution < 1.29 is 4.74 Å². The Hall–Kier alpha value is -1.77. The minimum absolute atomic E-state index is 0. The molecule has 2 aromatic rings. The summed E-state index contributed by atoms with van der Waals surface area (Å²) in [4.78, 5) is 8.74. The molecule has 26 heavy (non-hydrogen) atoms. The van der Waals surface area contributed by atoms with E-state index in [9.17, 15) is 0 Å². The number of nitrogens with zero attached hydrogens (tertiary/aromatic N) is 3. The third-order valence-electron chi connectivity index (χ3n) is 3.72. The summed E-state index contributed by atoms with van der Waals surface area (Å²) in [5, 5.41) is 6.67. The number of aryl methyl sites for hydroxylation is 2. The summed E-state index contributed by atoms with van der Waals surface area (Å²) in [5.41, 5.74) is 2.30. The summed E-state index contributed by atoms with van der Waals surface area (Å²) in [6.07, 6.45) is 6.63. The van der Waals surface area contributed by atoms with Gasteiger partial charge in [0.25, 0.3) is 0 Å². The van der Waals surface area contributed by atoms with Crippen LogP contribution >= 0.6 is 24.0 Å². The van der Waals surface area contributed by atoms with Gasteiger partial charge in [-0.3, -0.25) is 0 Å². The van der Waals surface area contributed by atoms with Crippen LogP contribution in [-0.4, -0.2) is 35.2 Å². The second-order valence-electron chi connectivity index (χ2n) is 5.82. The molecule has 0 spiro atoms. The van der Waals surface area contributed by atoms with Gasteiger partial charge in [0.05, 0.1) is 19.5 Å². The van der Waals surface area contributed by atoms with Crippen LogP contribution in [0.1, 0.15) is 31.4 Å². The van der Waals surface area contributed by atoms with Crippen LogP contribution in [-0.2, 0) is 13.1 Å². The van der Waals surface area contributed by atoms with Crippen molar-refractivity contribution in [1.29, 1.82) is 0 Å². The summed E-state index contributed by atoms with van der Waals surface area (Å²) >= 11 is 0. The van der Waals surface area contributed by atoms with Gasteiger partial charge >= 0.3 is 0 Å². The number of ether oxygens (including phenoxy) is 1. The highest BCUT2D eigenvalue weighted by Gasteiger charge is 2.04. The number of hydrogen-bond acceptors (Lipinski definition) is 3. The van der Waals surface area contributed by atoms with Crippen LogP contribution in [0, 0.1) is 6.92 Å². The molecular formula is C19H30IN5O. The van der Waals surface area contributed by atoms with Crippen LogP contribution in [0.2, 0.25) is 0 Å². The minimum Gasteiger partial charge on any atom is -0.494 e. The first-order valence-corrected chi connectivity index (χ1v) is 8.93. The lowest BCUT2D eigenvalue weighted by molar-refractivity contribution is 0.336. The van der Waals surface area contributed by atoms with Gasteiger partial charge in [0.1, 0.15) is 5.75 Å². The van der Waals surface area contributed by atoms with Gasteiger partial charge < -0.3 is 19.9 Å². The van der Waals surface area contributed by atoms with Gasteiger partial charge in [-0.25, -0.2) is 9.98 Å². The third-order valence-corrected chi connectivity index (χ3v) is 3.72. The molecule has 0 saturated carbocycles. The molecule has 2 N–H and O–H groups in total. The number of halogens is 1. The molecule has 0 saturated heterocycles. The van der Waals surface area contributed by atoms with E-state index in [2.05, 4.69) is 57.2 Å². The van der Waals surface area contributed by atoms with Crippen LogP contribution in [0.5, 0.6) is 5.75 Å². The Bertz CT molecular complexity index is 658. The topological polar surface area (TPSA) is 63.5 Å². The van der Waals surface area contributed by atoms with E-state index in [-0.39, 0.29) is 24.0 Å². The Morgan fingerprint density at radius 3 is 2.81 bits per heavy atom. The fourth-order valence-corrected chi connectivity index (χ4v) is 2.48. The average molecular weight is 471 g/mol. The summed E-state index contributed by atoms with van der Waals surface area (Å²) in [6, 6.07) is 6.26. The summed E-state index contributed by atoms with van der Waals surface area (Å²) < 4.78 is 7.81. The van der Waals surface area contributed by atoms with Crippen molar-refractivity contribution >= 4 is 29.9 Å². The van der Waals surface area contributed by atoms with Gasteiger partial charge in [-0.2, -0.15) is 0 Å². The number of imidazole rings is 1. The normalized spacial score (nSPS) is 11.0. The Labute approximate surface area is 173 Å². The largest absolute Gasteiger partial charge is 0.494 e. The molecule has 1 aromatic carbocycles. The standard InChI is InChI=1S/C19H29N5O.HI/c1-4-21-19(22-9-6-11-24-12-10-20-15-24)23-14-17-8-7-16(3)13-18(17)25-5-2;/h7-8,10,12-13,15H,4-6,9,11,14H2,1-3H3,(H2,21,22,23);1H. The van der Waals surface area contributed by atoms with Crippen molar-refractivity contribution in [2.24, 2.45) is 4.99 Å². The zero-order chi connectivity index (χ0) is 17.9. The fourth-order valence-electron chi connectivity index (χ4n) is 2.48. The third kappa shape index (κ3) is 7.63. The highest BCUT2D eigenvalue weighted by atomic mass is 127. The Kier molecular flexibility index (Phi) is 10.8. The molecule has 0 unspecified atom stereocenters. The van der Waals surface area contributed by atoms with E-state index >= 15 is 0 Å². The van der Waals surface area contributed by atoms with Gasteiger partial charge in [-0.1, -0.05) is 12.1 Å². The number of aliphatic imine (C=N–C) groups is 1. The molecule has 2 rings (SSSR count). The smallest absolute Gasteiger partial charge is 0.191 e. The number of guanidine groups is 1. The number of aromatic nitrogens is 2. The SMILES string of the molecule is CCNC(=NCc1ccc(C)cc1OCC)NCCCn1ccnc1.I. The lowest BCUT2D eigenvalue weighted by atomic mass is 10.1. The van der Waals surface area contributed by atoms with Gasteiger partial charge in [0, 0.05) is 37.6 Å². The van der Waals surface area contributed by atoms with E-state index in [1.807, 2.05) is 19.4 Å². The molecule has 0 radical (unpaired) electrons. The highest BCUT2D eigenvalue weighted by molar-refractivity contribution is 14.0. The summed E-state index contributed by atoms with van der Waals surface area (Å²) in [5.74, 6) is 1.75. The monoisotopic (exact) mass is 471 g/mol. The number of benzene rings is 1. The summed E-state index contributed by atoms with van der Waals surface area (Å²) in [6.45, 7) is 10.0. The number of nitrogens with one attached hydrogen (secondary N) is 2. The first-order valence-electron chi connectivity index (χ1n) is 8.93. The highest BCUT2D eigenvalue weighted by Crippen LogP contribution is 2.21. The number of hydrogen-bond donors (Lipinski definition) is 2. The number of rotatable bonds is 9. The molecule has 0 amide bonds. The van der Waals surface area contributed by atoms with Gasteiger partial charge in [0.2, 0.25) is 0 Å². The van der Waals surface area contributed by atoms with Crippen LogP contribution in [0.25, 0.3) is 0 Å². The zero-order valence-corrected chi connectivity index (χ0v) is 18.2. The van der Waals surface area contributed by atoms with E-state index < -0.39 is 0 Å². The molecule has 0 aliphatic rings. The molecule has 0 fully saturated rings. The second kappa shape index (κ2) is 12.6. The lowest BCUT2D eigenvalue weighted by Crippen LogP contribution is -2.38. The Morgan fingerprint density at radius 1 is 1.27 bits per heavy atom. The second-order valence-corrected chi connectivity index (χ2v) is 5.82. The van der Waals surface area contributed by atoms with Gasteiger partial charge in [-0.05, 0) is 38.8 Å². The average Bonchev–Trinajstić information content (AvgIpc) is 3.11. The maximum absolute atomic E-state index is 5.73. The van der Waals surface area contributed by atoms with E-state index in [1.54, 1.807) is 6.20 Å². The maximum atomic E-state index is 5.73. The van der Waals surface area contributed by atoms with E-state index in [0.29, 0.717) is 13.2 Å². The van der Waals surface area contributed by atoms with Crippen molar-refractivity contribution in [2.75, 3.05) is 19.7 Å². The molecule has 7 heteroatoms. The van der Waals surface area contributed by atoms with Crippen LogP contribution in [0.15, 0.2) is 41.9 Å². The van der Waals surface area contributed by atoms with Crippen molar-refractivity contribution in [3.8, 4) is 5.75 Å². The molecule has 0 atom stereocenters. The van der Waals surface area contributed by atoms with E-state index in [0.717, 1.165) is 43.3 Å². The quantitative estimate of drug-likeness (QED) is 0.255. The van der Waals surface area contributed by atoms with E-state index in [4.69, 9.17) is 4.74 Å². The predicted octanol–water partition coefficient (Wildman–Crippen LogP) is 3.35. The predicted molar refractivity (Wildman–Crippen MR) is 117 cm³/mol. The van der Waals surface area contributed by atoms with Gasteiger partial charge in [-0.15, -0.1) is 24.0 Å².